The first kappa shape index (κ1) is 21.8. The molecule has 0 saturated carbocycles. The number of nitrogens with one attached hydrogen (secondary N) is 1. The third-order valence-electron chi connectivity index (χ3n) is 3.35. The highest BCUT2D eigenvalue weighted by atomic mass is 32.2. The Labute approximate surface area is 163 Å². The van der Waals surface area contributed by atoms with E-state index in [0.29, 0.717) is 17.8 Å². The zero-order chi connectivity index (χ0) is 21.8. The highest BCUT2D eigenvalue weighted by molar-refractivity contribution is 7.91. The van der Waals surface area contributed by atoms with Crippen LogP contribution < -0.4 is 5.32 Å². The van der Waals surface area contributed by atoms with Gasteiger partial charge in [0.1, 0.15) is 10.6 Å². The summed E-state index contributed by atoms with van der Waals surface area (Å²) in [5.41, 5.74) is -2.14. The average molecular weight is 420 g/mol. The van der Waals surface area contributed by atoms with Crippen LogP contribution in [0.5, 0.6) is 0 Å². The summed E-state index contributed by atoms with van der Waals surface area (Å²) in [5, 5.41) is 29.9. The van der Waals surface area contributed by atoms with Gasteiger partial charge in [-0.15, -0.1) is 10.2 Å². The number of hydrogen-bond acceptors (Lipinski definition) is 10. The van der Waals surface area contributed by atoms with E-state index in [4.69, 9.17) is 4.55 Å². The second-order valence-electron chi connectivity index (χ2n) is 5.45. The maximum absolute atomic E-state index is 12.2. The van der Waals surface area contributed by atoms with Crippen molar-refractivity contribution in [3.05, 3.63) is 63.5 Å². The molecule has 0 atom stereocenters. The van der Waals surface area contributed by atoms with Crippen molar-refractivity contribution in [2.75, 3.05) is 5.32 Å². The molecule has 0 aliphatic heterocycles. The lowest BCUT2D eigenvalue weighted by atomic mass is 10.1. The van der Waals surface area contributed by atoms with E-state index in [0.717, 1.165) is 6.92 Å². The van der Waals surface area contributed by atoms with Gasteiger partial charge in [0.15, 0.2) is 11.5 Å². The van der Waals surface area contributed by atoms with Crippen molar-refractivity contribution in [1.29, 1.82) is 0 Å². The molecule has 29 heavy (non-hydrogen) atoms. The number of para-hydroxylation sites is 1. The van der Waals surface area contributed by atoms with Crippen LogP contribution in [0.1, 0.15) is 6.92 Å². The van der Waals surface area contributed by atoms with Crippen LogP contribution in [0.4, 0.5) is 5.69 Å². The molecule has 0 unspecified atom stereocenters. The van der Waals surface area contributed by atoms with Crippen molar-refractivity contribution in [2.24, 2.45) is 10.2 Å². The van der Waals surface area contributed by atoms with E-state index in [1.54, 1.807) is 18.2 Å². The van der Waals surface area contributed by atoms with Gasteiger partial charge in [0.25, 0.3) is 16.0 Å². The van der Waals surface area contributed by atoms with Gasteiger partial charge in [-0.2, -0.15) is 8.42 Å². The summed E-state index contributed by atoms with van der Waals surface area (Å²) in [6.45, 7) is 0.994. The first-order valence-corrected chi connectivity index (χ1v) is 9.07. The molecule has 0 saturated heterocycles. The number of benzene rings is 1. The number of hydrogen-bond donors (Lipinski definition) is 2. The van der Waals surface area contributed by atoms with Crippen molar-refractivity contribution in [1.82, 2.24) is 5.23 Å². The van der Waals surface area contributed by atoms with E-state index in [2.05, 4.69) is 15.5 Å². The van der Waals surface area contributed by atoms with E-state index in [9.17, 15) is 33.2 Å². The lowest BCUT2D eigenvalue weighted by Gasteiger charge is -2.39. The van der Waals surface area contributed by atoms with Crippen LogP contribution in [-0.2, 0) is 24.5 Å². The predicted octanol–water partition coefficient (Wildman–Crippen LogP) is 0.547. The van der Waals surface area contributed by atoms with E-state index in [1.165, 1.54) is 12.1 Å². The summed E-state index contributed by atoms with van der Waals surface area (Å²) in [5.74, 6) is -3.20. The Morgan fingerprint density at radius 2 is 1.76 bits per heavy atom. The van der Waals surface area contributed by atoms with Gasteiger partial charge in [-0.25, -0.2) is 0 Å². The lowest BCUT2D eigenvalue weighted by Crippen LogP contribution is -2.29. The van der Waals surface area contributed by atoms with Gasteiger partial charge in [-0.3, -0.25) is 18.9 Å². The number of nitrogens with zero attached hydrogens (tertiary/aromatic N) is 3. The second kappa shape index (κ2) is 8.66. The molecule has 12 nitrogen and oxygen atoms in total. The van der Waals surface area contributed by atoms with Crippen molar-refractivity contribution in [3.63, 3.8) is 0 Å². The fourth-order valence-corrected chi connectivity index (χ4v) is 2.64. The average Bonchev–Trinajstić information content (AvgIpc) is 2.62. The third-order valence-corrected chi connectivity index (χ3v) is 4.21. The Morgan fingerprint density at radius 3 is 2.28 bits per heavy atom. The van der Waals surface area contributed by atoms with E-state index in [1.807, 2.05) is 0 Å². The molecule has 0 spiro atoms. The predicted molar refractivity (Wildman–Crippen MR) is 102 cm³/mol. The summed E-state index contributed by atoms with van der Waals surface area (Å²) >= 11 is 0. The van der Waals surface area contributed by atoms with Crippen LogP contribution in [0.3, 0.4) is 0 Å². The number of hydroxylamine groups is 2. The van der Waals surface area contributed by atoms with E-state index in [-0.39, 0.29) is 0 Å². The normalized spacial score (nSPS) is 16.2. The Bertz CT molecular complexity index is 1090. The van der Waals surface area contributed by atoms with Crippen LogP contribution in [0, 0.1) is 10.4 Å². The lowest BCUT2D eigenvalue weighted by molar-refractivity contribution is -0.114. The zero-order valence-corrected chi connectivity index (χ0v) is 15.4. The van der Waals surface area contributed by atoms with Crippen LogP contribution >= 0.6 is 0 Å². The SMILES string of the molecule is CC(=O)C(=NN=C1C=C(N([O-])[O-])C=C(S(=O)(=O)O)C1=O)C(=O)Nc1ccccc1. The minimum absolute atomic E-state index is 0.333. The molecule has 1 aromatic rings. The Kier molecular flexibility index (Phi) is 6.50. The number of amides is 1. The summed E-state index contributed by atoms with van der Waals surface area (Å²) in [7, 11) is -5.10. The number of anilines is 1. The molecule has 0 fully saturated rings. The number of rotatable bonds is 6. The van der Waals surface area contributed by atoms with Gasteiger partial charge in [0.05, 0.1) is 0 Å². The van der Waals surface area contributed by atoms with Crippen LogP contribution in [0.15, 0.2) is 63.3 Å². The van der Waals surface area contributed by atoms with Gasteiger partial charge >= 0.3 is 0 Å². The molecule has 0 heterocycles. The molecule has 13 heteroatoms. The van der Waals surface area contributed by atoms with Gasteiger partial charge in [0, 0.05) is 18.3 Å². The van der Waals surface area contributed by atoms with Crippen molar-refractivity contribution >= 4 is 44.7 Å². The highest BCUT2D eigenvalue weighted by Gasteiger charge is 2.30. The van der Waals surface area contributed by atoms with Crippen LogP contribution in [0.2, 0.25) is 0 Å². The van der Waals surface area contributed by atoms with Crippen molar-refractivity contribution in [3.8, 4) is 0 Å². The molecule has 2 N–H and O–H groups in total. The fourth-order valence-electron chi connectivity index (χ4n) is 2.04. The topological polar surface area (TPSA) is 192 Å². The Hall–Kier alpha value is -3.52. The van der Waals surface area contributed by atoms with Crippen LogP contribution in [-0.4, -0.2) is 47.1 Å². The summed E-state index contributed by atoms with van der Waals surface area (Å²) < 4.78 is 31.6. The van der Waals surface area contributed by atoms with E-state index < -0.39 is 54.8 Å². The first-order chi connectivity index (χ1) is 13.5. The summed E-state index contributed by atoms with van der Waals surface area (Å²) in [4.78, 5) is 34.8. The number of allylic oxidation sites excluding steroid dienone is 3. The smallest absolute Gasteiger partial charge is 0.298 e. The monoisotopic (exact) mass is 420 g/mol. The number of carbonyl (C=O) groups excluding carboxylic acids is 3. The van der Waals surface area contributed by atoms with Crippen molar-refractivity contribution < 1.29 is 27.4 Å². The third kappa shape index (κ3) is 5.49. The summed E-state index contributed by atoms with van der Waals surface area (Å²) in [6.07, 6.45) is 0.946. The molecule has 1 aliphatic carbocycles. The number of ketones is 2. The maximum Gasteiger partial charge on any atom is 0.298 e. The van der Waals surface area contributed by atoms with Gasteiger partial charge in [-0.1, -0.05) is 18.2 Å². The maximum atomic E-state index is 12.2. The molecule has 152 valence electrons. The second-order valence-corrected chi connectivity index (χ2v) is 6.84. The molecule has 0 aromatic heterocycles. The number of carbonyl (C=O) groups is 3. The van der Waals surface area contributed by atoms with Crippen molar-refractivity contribution in [2.45, 2.75) is 6.92 Å². The molecule has 0 bridgehead atoms. The molecule has 1 aromatic carbocycles. The molecule has 0 radical (unpaired) electrons. The molecular formula is C16H12N4O8S-2. The van der Waals surface area contributed by atoms with Gasteiger partial charge in [0.2, 0.25) is 5.78 Å². The molecule has 1 aliphatic rings. The quantitative estimate of drug-likeness (QED) is 0.217. The Morgan fingerprint density at radius 1 is 1.14 bits per heavy atom. The first-order valence-electron chi connectivity index (χ1n) is 7.63. The summed E-state index contributed by atoms with van der Waals surface area (Å²) in [6, 6.07) is 7.99. The van der Waals surface area contributed by atoms with Gasteiger partial charge < -0.3 is 21.0 Å². The standard InChI is InChI=1S/C16H12N4O8S/c1-9(21)14(16(23)17-10-5-3-2-4-6-10)19-18-12-7-11(20(24)25)8-13(15(12)22)29(26,27)28/h2-8H,1H3,(H,17,23)(H,26,27,28)/q-2. The largest absolute Gasteiger partial charge is 0.769 e. The minimum atomic E-state index is -5.10. The molecule has 1 amide bonds. The fraction of sp³-hybridized carbons (Fsp3) is 0.0625. The Balaban J connectivity index is 2.44. The zero-order valence-electron chi connectivity index (χ0n) is 14.6. The molecule has 2 rings (SSSR count). The number of Topliss-reactive ketones (excluding diaryl/α,β-unsaturated/α-hetero) is 2. The molecular weight excluding hydrogens is 408 g/mol. The minimum Gasteiger partial charge on any atom is -0.769 e. The highest BCUT2D eigenvalue weighted by Crippen LogP contribution is 2.19. The van der Waals surface area contributed by atoms with Gasteiger partial charge in [-0.05, 0) is 24.3 Å². The van der Waals surface area contributed by atoms with E-state index >= 15 is 0 Å². The van der Waals surface area contributed by atoms with Crippen LogP contribution in [0.25, 0.3) is 0 Å².